The number of alkyl halides is 6. The summed E-state index contributed by atoms with van der Waals surface area (Å²) in [5.74, 6) is 0. The maximum Gasteiger partial charge on any atom is 0.416 e. The molecule has 108 valence electrons. The van der Waals surface area contributed by atoms with E-state index in [-0.39, 0.29) is 24.6 Å². The molecule has 4 N–H and O–H groups in total. The molecule has 1 aromatic carbocycles. The fraction of sp³-hybridized carbons (Fsp3) is 0.455. The Labute approximate surface area is 105 Å². The lowest BCUT2D eigenvalue weighted by molar-refractivity contribution is -0.143. The normalized spacial score (nSPS) is 14.5. The topological polar surface area (TPSA) is 52.0 Å². The standard InChI is InChI=1S/C11H12F6N2/c12-10(13,14)7-3-6(9(19)1-2-18)4-8(5-7)11(15,16)17/h3-5,9H,1-2,18-19H2/t9-/m1/s1. The van der Waals surface area contributed by atoms with E-state index in [4.69, 9.17) is 11.5 Å². The molecule has 0 fully saturated rings. The van der Waals surface area contributed by atoms with Crippen LogP contribution >= 0.6 is 0 Å². The molecule has 0 radical (unpaired) electrons. The zero-order valence-corrected chi connectivity index (χ0v) is 9.65. The molecule has 2 nitrogen and oxygen atoms in total. The quantitative estimate of drug-likeness (QED) is 0.839. The van der Waals surface area contributed by atoms with Crippen LogP contribution in [0.3, 0.4) is 0 Å². The lowest BCUT2D eigenvalue weighted by atomic mass is 9.98. The van der Waals surface area contributed by atoms with Crippen LogP contribution in [0, 0.1) is 0 Å². The summed E-state index contributed by atoms with van der Waals surface area (Å²) < 4.78 is 75.3. The van der Waals surface area contributed by atoms with Gasteiger partial charge in [-0.15, -0.1) is 0 Å². The minimum atomic E-state index is -4.86. The Morgan fingerprint density at radius 3 is 1.63 bits per heavy atom. The molecule has 0 saturated heterocycles. The Kier molecular flexibility index (Phi) is 4.46. The Morgan fingerprint density at radius 1 is 0.895 bits per heavy atom. The van der Waals surface area contributed by atoms with Crippen molar-refractivity contribution in [2.24, 2.45) is 11.5 Å². The average Bonchev–Trinajstić information content (AvgIpc) is 2.26. The van der Waals surface area contributed by atoms with Crippen molar-refractivity contribution in [2.45, 2.75) is 24.8 Å². The van der Waals surface area contributed by atoms with Gasteiger partial charge in [0.1, 0.15) is 0 Å². The highest BCUT2D eigenvalue weighted by molar-refractivity contribution is 5.35. The molecule has 0 amide bonds. The average molecular weight is 286 g/mol. The van der Waals surface area contributed by atoms with E-state index in [0.29, 0.717) is 12.1 Å². The largest absolute Gasteiger partial charge is 0.416 e. The first kappa shape index (κ1) is 15.8. The van der Waals surface area contributed by atoms with E-state index in [1.807, 2.05) is 0 Å². The molecule has 0 bridgehead atoms. The molecule has 0 aliphatic rings. The summed E-state index contributed by atoms with van der Waals surface area (Å²) in [5, 5.41) is 0. The number of rotatable bonds is 3. The van der Waals surface area contributed by atoms with E-state index in [2.05, 4.69) is 0 Å². The Bertz CT molecular complexity index is 406. The second-order valence-corrected chi connectivity index (χ2v) is 4.02. The van der Waals surface area contributed by atoms with Crippen molar-refractivity contribution < 1.29 is 26.3 Å². The first-order chi connectivity index (χ1) is 8.55. The van der Waals surface area contributed by atoms with E-state index < -0.39 is 29.5 Å². The number of benzene rings is 1. The van der Waals surface area contributed by atoms with Crippen molar-refractivity contribution >= 4 is 0 Å². The SMILES string of the molecule is NCC[C@@H](N)c1cc(C(F)(F)F)cc(C(F)(F)F)c1. The molecule has 1 atom stereocenters. The number of nitrogens with two attached hydrogens (primary N) is 2. The van der Waals surface area contributed by atoms with Crippen molar-refractivity contribution in [1.82, 2.24) is 0 Å². The molecular formula is C11H12F6N2. The summed E-state index contributed by atoms with van der Waals surface area (Å²) in [6.45, 7) is 0.0682. The molecule has 0 aliphatic carbocycles. The van der Waals surface area contributed by atoms with Gasteiger partial charge in [-0.05, 0) is 36.7 Å². The van der Waals surface area contributed by atoms with Crippen LogP contribution in [0.25, 0.3) is 0 Å². The number of hydrogen-bond acceptors (Lipinski definition) is 2. The number of halogens is 6. The smallest absolute Gasteiger partial charge is 0.330 e. The van der Waals surface area contributed by atoms with Crippen LogP contribution in [0.1, 0.15) is 29.2 Å². The predicted molar refractivity (Wildman–Crippen MR) is 57.0 cm³/mol. The van der Waals surface area contributed by atoms with Gasteiger partial charge < -0.3 is 11.5 Å². The van der Waals surface area contributed by atoms with Gasteiger partial charge in [0, 0.05) is 6.04 Å². The van der Waals surface area contributed by atoms with E-state index >= 15 is 0 Å². The minimum absolute atomic E-state index is 0.0681. The first-order valence-electron chi connectivity index (χ1n) is 5.30. The minimum Gasteiger partial charge on any atom is -0.330 e. The fourth-order valence-corrected chi connectivity index (χ4v) is 1.54. The number of hydrogen-bond donors (Lipinski definition) is 2. The van der Waals surface area contributed by atoms with Crippen LogP contribution < -0.4 is 11.5 Å². The maximum absolute atomic E-state index is 12.6. The highest BCUT2D eigenvalue weighted by Gasteiger charge is 2.37. The monoisotopic (exact) mass is 286 g/mol. The molecule has 0 unspecified atom stereocenters. The third kappa shape index (κ3) is 4.10. The molecule has 0 aromatic heterocycles. The molecule has 0 spiro atoms. The van der Waals surface area contributed by atoms with Crippen molar-refractivity contribution in [3.63, 3.8) is 0 Å². The van der Waals surface area contributed by atoms with Crippen LogP contribution in [0.4, 0.5) is 26.3 Å². The zero-order valence-electron chi connectivity index (χ0n) is 9.65. The van der Waals surface area contributed by atoms with Crippen molar-refractivity contribution in [3.8, 4) is 0 Å². The Morgan fingerprint density at radius 2 is 1.32 bits per heavy atom. The van der Waals surface area contributed by atoms with Gasteiger partial charge in [0.2, 0.25) is 0 Å². The van der Waals surface area contributed by atoms with Crippen molar-refractivity contribution in [3.05, 3.63) is 34.9 Å². The van der Waals surface area contributed by atoms with Crippen LogP contribution in [-0.2, 0) is 12.4 Å². The summed E-state index contributed by atoms with van der Waals surface area (Å²) in [7, 11) is 0. The second kappa shape index (κ2) is 5.38. The highest BCUT2D eigenvalue weighted by atomic mass is 19.4. The lowest BCUT2D eigenvalue weighted by Gasteiger charge is -2.17. The molecular weight excluding hydrogens is 274 g/mol. The maximum atomic E-state index is 12.6. The summed E-state index contributed by atoms with van der Waals surface area (Å²) >= 11 is 0. The second-order valence-electron chi connectivity index (χ2n) is 4.02. The van der Waals surface area contributed by atoms with E-state index in [9.17, 15) is 26.3 Å². The van der Waals surface area contributed by atoms with Crippen LogP contribution in [0.5, 0.6) is 0 Å². The first-order valence-corrected chi connectivity index (χ1v) is 5.30. The van der Waals surface area contributed by atoms with Crippen molar-refractivity contribution in [2.75, 3.05) is 6.54 Å². The summed E-state index contributed by atoms with van der Waals surface area (Å²) in [6.07, 6.45) is -9.63. The molecule has 0 heterocycles. The lowest BCUT2D eigenvalue weighted by Crippen LogP contribution is -2.18. The van der Waals surface area contributed by atoms with Crippen molar-refractivity contribution in [1.29, 1.82) is 0 Å². The van der Waals surface area contributed by atoms with E-state index in [0.717, 1.165) is 0 Å². The zero-order chi connectivity index (χ0) is 14.8. The van der Waals surface area contributed by atoms with Gasteiger partial charge in [-0.3, -0.25) is 0 Å². The van der Waals surface area contributed by atoms with Gasteiger partial charge >= 0.3 is 12.4 Å². The summed E-state index contributed by atoms with van der Waals surface area (Å²) in [6, 6.07) is 0.345. The fourth-order valence-electron chi connectivity index (χ4n) is 1.54. The van der Waals surface area contributed by atoms with E-state index in [1.165, 1.54) is 0 Å². The molecule has 1 rings (SSSR count). The van der Waals surface area contributed by atoms with Gasteiger partial charge in [0.05, 0.1) is 11.1 Å². The molecule has 0 saturated carbocycles. The Hall–Kier alpha value is -1.28. The molecule has 0 aliphatic heterocycles. The third-order valence-electron chi connectivity index (χ3n) is 2.52. The summed E-state index contributed by atoms with van der Waals surface area (Å²) in [4.78, 5) is 0. The van der Waals surface area contributed by atoms with Gasteiger partial charge in [0.25, 0.3) is 0 Å². The molecule has 8 heteroatoms. The van der Waals surface area contributed by atoms with Gasteiger partial charge in [-0.1, -0.05) is 0 Å². The molecule has 1 aromatic rings. The van der Waals surface area contributed by atoms with E-state index in [1.54, 1.807) is 0 Å². The Balaban J connectivity index is 3.33. The van der Waals surface area contributed by atoms with Crippen LogP contribution in [-0.4, -0.2) is 6.54 Å². The van der Waals surface area contributed by atoms with Crippen LogP contribution in [0.15, 0.2) is 18.2 Å². The predicted octanol–water partition coefficient (Wildman–Crippen LogP) is 3.07. The summed E-state index contributed by atoms with van der Waals surface area (Å²) in [5.41, 5.74) is 7.73. The highest BCUT2D eigenvalue weighted by Crippen LogP contribution is 2.37. The van der Waals surface area contributed by atoms with Gasteiger partial charge in [-0.2, -0.15) is 26.3 Å². The molecule has 19 heavy (non-hydrogen) atoms. The van der Waals surface area contributed by atoms with Crippen LogP contribution in [0.2, 0.25) is 0 Å². The van der Waals surface area contributed by atoms with Gasteiger partial charge in [0.15, 0.2) is 0 Å². The third-order valence-corrected chi connectivity index (χ3v) is 2.52. The van der Waals surface area contributed by atoms with Gasteiger partial charge in [-0.25, -0.2) is 0 Å².